The highest BCUT2D eigenvalue weighted by molar-refractivity contribution is 7.89. The van der Waals surface area contributed by atoms with E-state index in [1.807, 2.05) is 4.90 Å². The summed E-state index contributed by atoms with van der Waals surface area (Å²) in [5, 5.41) is 8.03. The number of anilines is 1. The number of amides is 1. The Hall–Kier alpha value is -1.10. The van der Waals surface area contributed by atoms with Crippen LogP contribution in [0.5, 0.6) is 0 Å². The number of morpholine rings is 1. The molecule has 1 atom stereocenters. The smallest absolute Gasteiger partial charge is 0.253 e. The summed E-state index contributed by atoms with van der Waals surface area (Å²) in [7, 11) is -3.89. The highest BCUT2D eigenvalue weighted by atomic mass is 35.5. The van der Waals surface area contributed by atoms with E-state index in [0.29, 0.717) is 44.5 Å². The third kappa shape index (κ3) is 6.20. The molecule has 0 aromatic heterocycles. The molecule has 154 valence electrons. The van der Waals surface area contributed by atoms with E-state index in [-0.39, 0.29) is 47.2 Å². The number of hydrogen-bond acceptors (Lipinski definition) is 6. The van der Waals surface area contributed by atoms with Crippen molar-refractivity contribution in [1.29, 1.82) is 0 Å². The van der Waals surface area contributed by atoms with Gasteiger partial charge in [-0.1, -0.05) is 0 Å². The van der Waals surface area contributed by atoms with Crippen LogP contribution in [0, 0.1) is 5.92 Å². The molecule has 27 heavy (non-hydrogen) atoms. The summed E-state index contributed by atoms with van der Waals surface area (Å²) >= 11 is 0. The molecule has 1 aromatic rings. The maximum atomic E-state index is 12.7. The lowest BCUT2D eigenvalue weighted by Gasteiger charge is -2.30. The molecule has 5 N–H and O–H groups in total. The van der Waals surface area contributed by atoms with Crippen LogP contribution in [0.3, 0.4) is 0 Å². The molecule has 1 aliphatic carbocycles. The minimum Gasteiger partial charge on any atom is -0.378 e. The first-order valence-corrected chi connectivity index (χ1v) is 9.94. The Labute approximate surface area is 171 Å². The van der Waals surface area contributed by atoms with Crippen molar-refractivity contribution in [2.75, 3.05) is 37.7 Å². The molecule has 1 heterocycles. The second-order valence-corrected chi connectivity index (χ2v) is 8.10. The Morgan fingerprint density at radius 1 is 1.26 bits per heavy atom. The Balaban J connectivity index is 0.00000182. The fourth-order valence-corrected chi connectivity index (χ4v) is 3.49. The van der Waals surface area contributed by atoms with Crippen LogP contribution >= 0.6 is 24.8 Å². The molecule has 1 saturated heterocycles. The van der Waals surface area contributed by atoms with E-state index < -0.39 is 10.0 Å². The maximum absolute atomic E-state index is 12.7. The van der Waals surface area contributed by atoms with Crippen LogP contribution < -0.4 is 21.1 Å². The molecule has 1 aliphatic heterocycles. The molecular formula is C16H26Cl2N4O4S. The number of carbonyl (C=O) groups is 1. The van der Waals surface area contributed by atoms with Crippen molar-refractivity contribution in [2.24, 2.45) is 16.8 Å². The number of nitrogens with one attached hydrogen (secondary N) is 1. The van der Waals surface area contributed by atoms with E-state index in [1.165, 1.54) is 12.1 Å². The zero-order valence-corrected chi connectivity index (χ0v) is 17.2. The lowest BCUT2D eigenvalue weighted by Crippen LogP contribution is -2.40. The van der Waals surface area contributed by atoms with Gasteiger partial charge in [0.25, 0.3) is 5.91 Å². The Bertz CT molecular complexity index is 753. The largest absolute Gasteiger partial charge is 0.378 e. The van der Waals surface area contributed by atoms with Crippen molar-refractivity contribution >= 4 is 46.4 Å². The summed E-state index contributed by atoms with van der Waals surface area (Å²) < 4.78 is 28.6. The van der Waals surface area contributed by atoms with Gasteiger partial charge in [0.05, 0.1) is 23.7 Å². The lowest BCUT2D eigenvalue weighted by molar-refractivity contribution is 0.0948. The second kappa shape index (κ2) is 9.90. The van der Waals surface area contributed by atoms with Crippen LogP contribution in [0.15, 0.2) is 23.1 Å². The van der Waals surface area contributed by atoms with Crippen LogP contribution in [0.25, 0.3) is 0 Å². The normalized spacial score (nSPS) is 18.1. The Morgan fingerprint density at radius 3 is 2.44 bits per heavy atom. The SMILES string of the molecule is Cl.Cl.NC(CNC(=O)c1cc(S(N)(=O)=O)ccc1N1CCOCC1)C1CC1. The predicted octanol–water partition coefficient (Wildman–Crippen LogP) is 0.481. The summed E-state index contributed by atoms with van der Waals surface area (Å²) in [6.45, 7) is 2.76. The molecule has 11 heteroatoms. The second-order valence-electron chi connectivity index (χ2n) is 6.53. The van der Waals surface area contributed by atoms with Gasteiger partial charge in [0.15, 0.2) is 0 Å². The first kappa shape index (κ1) is 23.9. The number of rotatable bonds is 6. The number of carbonyl (C=O) groups excluding carboxylic acids is 1. The molecule has 3 rings (SSSR count). The number of hydrogen-bond donors (Lipinski definition) is 3. The van der Waals surface area contributed by atoms with Crippen molar-refractivity contribution in [2.45, 2.75) is 23.8 Å². The van der Waals surface area contributed by atoms with Crippen LogP contribution in [0.1, 0.15) is 23.2 Å². The standard InChI is InChI=1S/C16H24N4O4S.2ClH/c17-14(11-1-2-11)10-19-16(21)13-9-12(25(18,22)23)3-4-15(13)20-5-7-24-8-6-20;;/h3-4,9,11,14H,1-2,5-8,10,17H2,(H,19,21)(H2,18,22,23);2*1H. The van der Waals surface area contributed by atoms with Crippen molar-refractivity contribution in [3.63, 3.8) is 0 Å². The van der Waals surface area contributed by atoms with E-state index in [2.05, 4.69) is 5.32 Å². The van der Waals surface area contributed by atoms with Crippen LogP contribution in [-0.2, 0) is 14.8 Å². The number of benzene rings is 1. The van der Waals surface area contributed by atoms with E-state index in [0.717, 1.165) is 12.8 Å². The van der Waals surface area contributed by atoms with Crippen molar-refractivity contribution in [3.8, 4) is 0 Å². The number of nitrogens with two attached hydrogens (primary N) is 2. The fraction of sp³-hybridized carbons (Fsp3) is 0.562. The van der Waals surface area contributed by atoms with Crippen LogP contribution in [0.4, 0.5) is 5.69 Å². The van der Waals surface area contributed by atoms with Gasteiger partial charge in [-0.05, 0) is 37.0 Å². The average molecular weight is 441 g/mol. The number of halogens is 2. The maximum Gasteiger partial charge on any atom is 0.253 e. The fourth-order valence-electron chi connectivity index (χ4n) is 2.95. The minimum atomic E-state index is -3.89. The molecule has 0 bridgehead atoms. The summed E-state index contributed by atoms with van der Waals surface area (Å²) in [5.41, 5.74) is 6.99. The third-order valence-corrected chi connectivity index (χ3v) is 5.53. The number of sulfonamides is 1. The predicted molar refractivity (Wildman–Crippen MR) is 108 cm³/mol. The van der Waals surface area contributed by atoms with E-state index in [4.69, 9.17) is 15.6 Å². The van der Waals surface area contributed by atoms with Gasteiger partial charge in [-0.25, -0.2) is 13.6 Å². The first-order chi connectivity index (χ1) is 11.9. The molecule has 8 nitrogen and oxygen atoms in total. The Kier molecular flexibility index (Phi) is 8.78. The molecule has 2 aliphatic rings. The molecule has 1 aromatic carbocycles. The summed E-state index contributed by atoms with van der Waals surface area (Å²) in [6, 6.07) is 4.31. The van der Waals surface area contributed by atoms with Gasteiger partial charge in [-0.15, -0.1) is 24.8 Å². The topological polar surface area (TPSA) is 128 Å². The summed E-state index contributed by atoms with van der Waals surface area (Å²) in [5.74, 6) is 0.123. The number of ether oxygens (including phenoxy) is 1. The minimum absolute atomic E-state index is 0. The van der Waals surface area contributed by atoms with Crippen molar-refractivity contribution in [3.05, 3.63) is 23.8 Å². The molecule has 1 unspecified atom stereocenters. The van der Waals surface area contributed by atoms with Crippen LogP contribution in [-0.4, -0.2) is 53.2 Å². The molecule has 0 spiro atoms. The van der Waals surface area contributed by atoms with Crippen molar-refractivity contribution < 1.29 is 17.9 Å². The van der Waals surface area contributed by atoms with Gasteiger partial charge in [-0.3, -0.25) is 4.79 Å². The first-order valence-electron chi connectivity index (χ1n) is 8.39. The third-order valence-electron chi connectivity index (χ3n) is 4.62. The van der Waals surface area contributed by atoms with Crippen molar-refractivity contribution in [1.82, 2.24) is 5.32 Å². The number of nitrogens with zero attached hydrogens (tertiary/aromatic N) is 1. The highest BCUT2D eigenvalue weighted by Gasteiger charge is 2.29. The lowest BCUT2D eigenvalue weighted by atomic mass is 10.1. The van der Waals surface area contributed by atoms with Crippen LogP contribution in [0.2, 0.25) is 0 Å². The molecule has 1 saturated carbocycles. The van der Waals surface area contributed by atoms with Gasteiger partial charge in [-0.2, -0.15) is 0 Å². The molecule has 0 radical (unpaired) electrons. The molecule has 1 amide bonds. The average Bonchev–Trinajstić information content (AvgIpc) is 3.44. The van der Waals surface area contributed by atoms with E-state index >= 15 is 0 Å². The Morgan fingerprint density at radius 2 is 1.89 bits per heavy atom. The van der Waals surface area contributed by atoms with Gasteiger partial charge in [0.2, 0.25) is 10.0 Å². The van der Waals surface area contributed by atoms with E-state index in [1.54, 1.807) is 6.07 Å². The highest BCUT2D eigenvalue weighted by Crippen LogP contribution is 2.31. The zero-order valence-electron chi connectivity index (χ0n) is 14.8. The summed E-state index contributed by atoms with van der Waals surface area (Å²) in [4.78, 5) is 14.6. The summed E-state index contributed by atoms with van der Waals surface area (Å²) in [6.07, 6.45) is 2.19. The van der Waals surface area contributed by atoms with Gasteiger partial charge in [0, 0.05) is 31.4 Å². The number of primary sulfonamides is 1. The monoisotopic (exact) mass is 440 g/mol. The molecular weight excluding hydrogens is 415 g/mol. The zero-order chi connectivity index (χ0) is 18.0. The van der Waals surface area contributed by atoms with E-state index in [9.17, 15) is 13.2 Å². The van der Waals surface area contributed by atoms with Gasteiger partial charge in [0.1, 0.15) is 0 Å². The van der Waals surface area contributed by atoms with Gasteiger partial charge < -0.3 is 20.7 Å². The quantitative estimate of drug-likeness (QED) is 0.589. The van der Waals surface area contributed by atoms with Gasteiger partial charge >= 0.3 is 0 Å². The molecule has 2 fully saturated rings.